The summed E-state index contributed by atoms with van der Waals surface area (Å²) in [4.78, 5) is 24.8. The zero-order chi connectivity index (χ0) is 26.9. The van der Waals surface area contributed by atoms with Crippen LogP contribution in [0.15, 0.2) is 84.0 Å². The zero-order valence-corrected chi connectivity index (χ0v) is 21.1. The molecule has 0 bridgehead atoms. The minimum atomic E-state index is -0.593. The maximum Gasteiger partial charge on any atom is 0.343 e. The third-order valence-electron chi connectivity index (χ3n) is 5.50. The van der Waals surface area contributed by atoms with Crippen LogP contribution in [0.5, 0.6) is 28.7 Å². The van der Waals surface area contributed by atoms with E-state index in [-0.39, 0.29) is 17.9 Å². The Morgan fingerprint density at radius 1 is 0.763 bits per heavy atom. The largest absolute Gasteiger partial charge is 0.493 e. The number of methoxy groups -OCH3 is 3. The van der Waals surface area contributed by atoms with Crippen molar-refractivity contribution in [2.24, 2.45) is 5.10 Å². The Morgan fingerprint density at radius 2 is 1.47 bits per heavy atom. The number of hydrogen-bond acceptors (Lipinski definition) is 8. The second-order valence-electron chi connectivity index (χ2n) is 7.96. The van der Waals surface area contributed by atoms with Crippen LogP contribution < -0.4 is 29.1 Å². The van der Waals surface area contributed by atoms with E-state index in [1.54, 1.807) is 30.3 Å². The summed E-state index contributed by atoms with van der Waals surface area (Å²) in [6.45, 7) is -0.190. The van der Waals surface area contributed by atoms with Gasteiger partial charge < -0.3 is 23.7 Å². The second kappa shape index (κ2) is 12.3. The van der Waals surface area contributed by atoms with E-state index in [0.29, 0.717) is 28.6 Å². The molecule has 0 saturated carbocycles. The van der Waals surface area contributed by atoms with Crippen LogP contribution >= 0.6 is 0 Å². The number of ether oxygens (including phenoxy) is 5. The van der Waals surface area contributed by atoms with Crippen LogP contribution in [0.2, 0.25) is 0 Å². The summed E-state index contributed by atoms with van der Waals surface area (Å²) in [6.07, 6.45) is 1.44. The number of esters is 1. The summed E-state index contributed by atoms with van der Waals surface area (Å²) in [6, 6.07) is 23.1. The van der Waals surface area contributed by atoms with Gasteiger partial charge in [-0.2, -0.15) is 5.10 Å². The first-order valence-electron chi connectivity index (χ1n) is 11.6. The molecule has 194 valence electrons. The van der Waals surface area contributed by atoms with Crippen LogP contribution in [0, 0.1) is 0 Å². The second-order valence-corrected chi connectivity index (χ2v) is 7.96. The highest BCUT2D eigenvalue weighted by Gasteiger charge is 2.15. The standard InChI is InChI=1S/C29H26N2O7/c1-34-24-13-10-22(16-27(24)36-3)29(33)38-25-12-8-19(14-26(25)35-2)17-30-31-28(32)18-37-23-11-9-20-6-4-5-7-21(20)15-23/h4-17H,18H2,1-3H3,(H,31,32). The molecule has 0 aromatic heterocycles. The molecule has 0 heterocycles. The molecule has 4 aromatic carbocycles. The smallest absolute Gasteiger partial charge is 0.343 e. The van der Waals surface area contributed by atoms with Gasteiger partial charge in [0.25, 0.3) is 5.91 Å². The van der Waals surface area contributed by atoms with Crippen molar-refractivity contribution in [3.8, 4) is 28.7 Å². The first-order valence-corrected chi connectivity index (χ1v) is 11.6. The highest BCUT2D eigenvalue weighted by atomic mass is 16.6. The minimum Gasteiger partial charge on any atom is -0.493 e. The van der Waals surface area contributed by atoms with Crippen molar-refractivity contribution in [1.82, 2.24) is 5.43 Å². The molecule has 1 N–H and O–H groups in total. The van der Waals surface area contributed by atoms with Crippen molar-refractivity contribution in [1.29, 1.82) is 0 Å². The van der Waals surface area contributed by atoms with Crippen molar-refractivity contribution in [3.05, 3.63) is 90.0 Å². The van der Waals surface area contributed by atoms with Crippen LogP contribution in [0.4, 0.5) is 0 Å². The van der Waals surface area contributed by atoms with Gasteiger partial charge in [0.15, 0.2) is 29.6 Å². The van der Waals surface area contributed by atoms with Crippen molar-refractivity contribution in [2.75, 3.05) is 27.9 Å². The predicted octanol–water partition coefficient (Wildman–Crippen LogP) is 4.61. The fourth-order valence-electron chi connectivity index (χ4n) is 3.59. The van der Waals surface area contributed by atoms with Gasteiger partial charge in [0, 0.05) is 0 Å². The number of hydrazone groups is 1. The van der Waals surface area contributed by atoms with E-state index in [2.05, 4.69) is 10.5 Å². The summed E-state index contributed by atoms with van der Waals surface area (Å²) >= 11 is 0. The molecule has 0 radical (unpaired) electrons. The van der Waals surface area contributed by atoms with Gasteiger partial charge in [-0.3, -0.25) is 4.79 Å². The Balaban J connectivity index is 1.33. The lowest BCUT2D eigenvalue weighted by Gasteiger charge is -2.11. The molecule has 1 amide bonds. The summed E-state index contributed by atoms with van der Waals surface area (Å²) in [5.74, 6) is 1.02. The van der Waals surface area contributed by atoms with Crippen molar-refractivity contribution in [3.63, 3.8) is 0 Å². The quantitative estimate of drug-likeness (QED) is 0.143. The van der Waals surface area contributed by atoms with Gasteiger partial charge in [-0.25, -0.2) is 10.2 Å². The third kappa shape index (κ3) is 6.38. The Labute approximate surface area is 219 Å². The monoisotopic (exact) mass is 514 g/mol. The molecular weight excluding hydrogens is 488 g/mol. The van der Waals surface area contributed by atoms with Gasteiger partial charge in [-0.05, 0) is 64.9 Å². The number of benzene rings is 4. The highest BCUT2D eigenvalue weighted by Crippen LogP contribution is 2.31. The molecular formula is C29H26N2O7. The van der Waals surface area contributed by atoms with Crippen molar-refractivity contribution >= 4 is 28.9 Å². The summed E-state index contributed by atoms with van der Waals surface area (Å²) in [5, 5.41) is 6.07. The molecule has 0 aliphatic carbocycles. The zero-order valence-electron chi connectivity index (χ0n) is 21.1. The first-order chi connectivity index (χ1) is 18.5. The maximum absolute atomic E-state index is 12.7. The van der Waals surface area contributed by atoms with Crippen LogP contribution in [0.1, 0.15) is 15.9 Å². The molecule has 0 spiro atoms. The fraction of sp³-hybridized carbons (Fsp3) is 0.138. The van der Waals surface area contributed by atoms with E-state index < -0.39 is 11.9 Å². The summed E-state index contributed by atoms with van der Waals surface area (Å²) in [7, 11) is 4.45. The normalized spacial score (nSPS) is 10.7. The van der Waals surface area contributed by atoms with Gasteiger partial charge in [0.1, 0.15) is 5.75 Å². The number of nitrogens with zero attached hydrogens (tertiary/aromatic N) is 1. The lowest BCUT2D eigenvalue weighted by atomic mass is 10.1. The summed E-state index contributed by atoms with van der Waals surface area (Å²) in [5.41, 5.74) is 3.32. The molecule has 0 aliphatic rings. The molecule has 4 aromatic rings. The van der Waals surface area contributed by atoms with Crippen molar-refractivity contribution < 1.29 is 33.3 Å². The van der Waals surface area contributed by atoms with E-state index in [9.17, 15) is 9.59 Å². The Bertz CT molecular complexity index is 1480. The molecule has 38 heavy (non-hydrogen) atoms. The molecule has 0 fully saturated rings. The Hall–Kier alpha value is -5.05. The molecule has 9 heteroatoms. The average Bonchev–Trinajstić information content (AvgIpc) is 2.96. The number of carbonyl (C=O) groups is 2. The molecule has 4 rings (SSSR count). The molecule has 0 atom stereocenters. The minimum absolute atomic E-state index is 0.190. The van der Waals surface area contributed by atoms with Gasteiger partial charge in [-0.15, -0.1) is 0 Å². The van der Waals surface area contributed by atoms with E-state index >= 15 is 0 Å². The van der Waals surface area contributed by atoms with Gasteiger partial charge >= 0.3 is 5.97 Å². The van der Waals surface area contributed by atoms with Gasteiger partial charge in [-0.1, -0.05) is 30.3 Å². The van der Waals surface area contributed by atoms with E-state index in [1.165, 1.54) is 33.6 Å². The third-order valence-corrected chi connectivity index (χ3v) is 5.50. The number of carbonyl (C=O) groups excluding carboxylic acids is 2. The maximum atomic E-state index is 12.7. The SMILES string of the molecule is COc1ccc(C(=O)Oc2ccc(C=NNC(=O)COc3ccc4ccccc4c3)cc2OC)cc1OC. The fourth-order valence-corrected chi connectivity index (χ4v) is 3.59. The number of hydrogen-bond donors (Lipinski definition) is 1. The first kappa shape index (κ1) is 26.0. The molecule has 0 aliphatic heterocycles. The van der Waals surface area contributed by atoms with Crippen LogP contribution in [0.3, 0.4) is 0 Å². The number of rotatable bonds is 10. The summed E-state index contributed by atoms with van der Waals surface area (Å²) < 4.78 is 26.9. The topological polar surface area (TPSA) is 105 Å². The van der Waals surface area contributed by atoms with Crippen LogP contribution in [0.25, 0.3) is 10.8 Å². The average molecular weight is 515 g/mol. The number of nitrogens with one attached hydrogen (secondary N) is 1. The van der Waals surface area contributed by atoms with Crippen molar-refractivity contribution in [2.45, 2.75) is 0 Å². The van der Waals surface area contributed by atoms with E-state index in [4.69, 9.17) is 23.7 Å². The van der Waals surface area contributed by atoms with E-state index in [1.807, 2.05) is 42.5 Å². The lowest BCUT2D eigenvalue weighted by molar-refractivity contribution is -0.123. The molecule has 0 unspecified atom stereocenters. The van der Waals surface area contributed by atoms with E-state index in [0.717, 1.165) is 10.8 Å². The predicted molar refractivity (Wildman–Crippen MR) is 143 cm³/mol. The highest BCUT2D eigenvalue weighted by molar-refractivity contribution is 5.92. The van der Waals surface area contributed by atoms with Gasteiger partial charge in [0.05, 0.1) is 33.1 Å². The number of amides is 1. The van der Waals surface area contributed by atoms with Gasteiger partial charge in [0.2, 0.25) is 0 Å². The Kier molecular flexibility index (Phi) is 8.40. The number of fused-ring (bicyclic) bond motifs is 1. The lowest BCUT2D eigenvalue weighted by Crippen LogP contribution is -2.24. The molecule has 9 nitrogen and oxygen atoms in total. The van der Waals surface area contributed by atoms with Crippen LogP contribution in [-0.2, 0) is 4.79 Å². The Morgan fingerprint density at radius 3 is 2.24 bits per heavy atom. The molecule has 0 saturated heterocycles. The van der Waals surface area contributed by atoms with Crippen LogP contribution in [-0.4, -0.2) is 46.0 Å².